The summed E-state index contributed by atoms with van der Waals surface area (Å²) in [4.78, 5) is 29.4. The molecule has 0 radical (unpaired) electrons. The van der Waals surface area contributed by atoms with Crippen molar-refractivity contribution in [2.24, 2.45) is 5.92 Å². The summed E-state index contributed by atoms with van der Waals surface area (Å²) >= 11 is 12.4. The van der Waals surface area contributed by atoms with Gasteiger partial charge in [0, 0.05) is 25.1 Å². The average molecular weight is 671 g/mol. The number of nitrogens with one attached hydrogen (secondary N) is 1. The number of benzene rings is 4. The second-order valence-corrected chi connectivity index (χ2v) is 13.6. The summed E-state index contributed by atoms with van der Waals surface area (Å²) in [6, 6.07) is 25.9. The fourth-order valence-corrected chi connectivity index (χ4v) is 6.39. The van der Waals surface area contributed by atoms with Crippen LogP contribution in [0.2, 0.25) is 10.0 Å². The summed E-state index contributed by atoms with van der Waals surface area (Å²) in [5, 5.41) is 3.20. The van der Waals surface area contributed by atoms with Crippen LogP contribution in [0.15, 0.2) is 108 Å². The van der Waals surface area contributed by atoms with Crippen LogP contribution in [0.4, 0.5) is 10.1 Å². The normalized spacial score (nSPS) is 12.0. The highest BCUT2D eigenvalue weighted by Crippen LogP contribution is 2.31. The summed E-state index contributed by atoms with van der Waals surface area (Å²) in [5.74, 6) is -1.59. The number of hydrogen-bond acceptors (Lipinski definition) is 4. The number of carbonyl (C=O) groups excluding carboxylic acids is 2. The van der Waals surface area contributed by atoms with E-state index < -0.39 is 40.2 Å². The average Bonchev–Trinajstić information content (AvgIpc) is 3.03. The van der Waals surface area contributed by atoms with Gasteiger partial charge in [-0.2, -0.15) is 0 Å². The highest BCUT2D eigenvalue weighted by molar-refractivity contribution is 7.92. The van der Waals surface area contributed by atoms with E-state index in [-0.39, 0.29) is 45.1 Å². The number of anilines is 1. The molecule has 0 fully saturated rings. The number of carbonyl (C=O) groups is 2. The molecule has 0 unspecified atom stereocenters. The van der Waals surface area contributed by atoms with Crippen LogP contribution in [-0.2, 0) is 32.6 Å². The molecule has 4 aromatic rings. The molecule has 0 aromatic heterocycles. The number of rotatable bonds is 13. The maximum absolute atomic E-state index is 15.0. The number of halogens is 3. The first-order valence-electron chi connectivity index (χ1n) is 14.3. The van der Waals surface area contributed by atoms with Crippen molar-refractivity contribution >= 4 is 50.7 Å². The van der Waals surface area contributed by atoms with Crippen molar-refractivity contribution in [2.75, 3.05) is 17.4 Å². The Morgan fingerprint density at radius 1 is 0.844 bits per heavy atom. The molecule has 2 amide bonds. The molecule has 7 nitrogen and oxygen atoms in total. The van der Waals surface area contributed by atoms with Crippen LogP contribution in [-0.4, -0.2) is 44.3 Å². The molecule has 0 bridgehead atoms. The van der Waals surface area contributed by atoms with Crippen LogP contribution in [0.5, 0.6) is 0 Å². The van der Waals surface area contributed by atoms with E-state index in [9.17, 15) is 18.0 Å². The van der Waals surface area contributed by atoms with E-state index in [0.29, 0.717) is 6.54 Å². The van der Waals surface area contributed by atoms with Gasteiger partial charge in [0.15, 0.2) is 0 Å². The Labute approximate surface area is 273 Å². The van der Waals surface area contributed by atoms with Gasteiger partial charge >= 0.3 is 0 Å². The quantitative estimate of drug-likeness (QED) is 0.171. The van der Waals surface area contributed by atoms with Crippen molar-refractivity contribution < 1.29 is 22.4 Å². The number of amides is 2. The Kier molecular flexibility index (Phi) is 11.6. The van der Waals surface area contributed by atoms with Crippen molar-refractivity contribution in [3.05, 3.63) is 130 Å². The lowest BCUT2D eigenvalue weighted by atomic mass is 10.0. The first-order valence-corrected chi connectivity index (χ1v) is 16.5. The summed E-state index contributed by atoms with van der Waals surface area (Å²) in [7, 11) is -4.31. The van der Waals surface area contributed by atoms with E-state index >= 15 is 4.39 Å². The Balaban J connectivity index is 1.82. The summed E-state index contributed by atoms with van der Waals surface area (Å²) in [5.41, 5.74) is 1.04. The molecule has 45 heavy (non-hydrogen) atoms. The Morgan fingerprint density at radius 2 is 1.47 bits per heavy atom. The zero-order valence-electron chi connectivity index (χ0n) is 24.9. The van der Waals surface area contributed by atoms with Gasteiger partial charge in [-0.15, -0.1) is 0 Å². The predicted molar refractivity (Wildman–Crippen MR) is 176 cm³/mol. The van der Waals surface area contributed by atoms with Gasteiger partial charge in [0.2, 0.25) is 11.8 Å². The molecule has 0 aliphatic carbocycles. The minimum absolute atomic E-state index is 0.0555. The second-order valence-electron chi connectivity index (χ2n) is 10.9. The van der Waals surface area contributed by atoms with Gasteiger partial charge < -0.3 is 10.2 Å². The van der Waals surface area contributed by atoms with Crippen LogP contribution in [0, 0.1) is 11.7 Å². The lowest BCUT2D eigenvalue weighted by Gasteiger charge is -2.34. The summed E-state index contributed by atoms with van der Waals surface area (Å²) in [6.07, 6.45) is 0.114. The third kappa shape index (κ3) is 8.84. The molecule has 0 aliphatic rings. The number of nitrogens with zero attached hydrogens (tertiary/aromatic N) is 2. The molecule has 4 aromatic carbocycles. The molecule has 0 spiro atoms. The highest BCUT2D eigenvalue weighted by Gasteiger charge is 2.35. The zero-order chi connectivity index (χ0) is 32.6. The zero-order valence-corrected chi connectivity index (χ0v) is 27.2. The molecule has 0 aliphatic heterocycles. The fourth-order valence-electron chi connectivity index (χ4n) is 4.68. The molecular weight excluding hydrogens is 636 g/mol. The van der Waals surface area contributed by atoms with Gasteiger partial charge in [0.25, 0.3) is 10.0 Å². The van der Waals surface area contributed by atoms with Crippen LogP contribution < -0.4 is 9.62 Å². The van der Waals surface area contributed by atoms with Crippen molar-refractivity contribution in [3.8, 4) is 0 Å². The predicted octanol–water partition coefficient (Wildman–Crippen LogP) is 6.74. The molecule has 1 atom stereocenters. The topological polar surface area (TPSA) is 86.8 Å². The minimum atomic E-state index is -4.31. The fraction of sp³-hybridized carbons (Fsp3) is 0.235. The molecule has 11 heteroatoms. The second kappa shape index (κ2) is 15.4. The Bertz CT molecular complexity index is 1720. The third-order valence-electron chi connectivity index (χ3n) is 7.06. The molecular formula is C34H34Cl2FN3O4S. The standard InChI is InChI=1S/C34H34Cl2FN3O4S/c1-24(2)21-38-34(42)32(19-25-11-5-3-6-12-25)39(22-26-13-9-10-16-31(26)37)33(41)23-40(27-17-18-29(35)30(36)20-27)45(43,44)28-14-7-4-8-15-28/h3-18,20,24,32H,19,21-23H2,1-2H3,(H,38,42)/t32-/m0/s1. The largest absolute Gasteiger partial charge is 0.354 e. The SMILES string of the molecule is CC(C)CNC(=O)[C@H](Cc1ccccc1)N(Cc1ccccc1F)C(=O)CN(c1ccc(Cl)c(Cl)c1)S(=O)(=O)c1ccccc1. The van der Waals surface area contributed by atoms with Crippen LogP contribution in [0.1, 0.15) is 25.0 Å². The molecule has 0 saturated carbocycles. The lowest BCUT2D eigenvalue weighted by molar-refractivity contribution is -0.140. The van der Waals surface area contributed by atoms with E-state index in [2.05, 4.69) is 5.32 Å². The van der Waals surface area contributed by atoms with Gasteiger partial charge in [-0.25, -0.2) is 12.8 Å². The molecule has 4 rings (SSSR count). The first-order chi connectivity index (χ1) is 21.5. The Morgan fingerprint density at radius 3 is 2.09 bits per heavy atom. The van der Waals surface area contributed by atoms with Gasteiger partial charge in [-0.3, -0.25) is 13.9 Å². The third-order valence-corrected chi connectivity index (χ3v) is 9.58. The van der Waals surface area contributed by atoms with E-state index in [1.54, 1.807) is 24.3 Å². The van der Waals surface area contributed by atoms with Crippen molar-refractivity contribution in [3.63, 3.8) is 0 Å². The van der Waals surface area contributed by atoms with Gasteiger partial charge in [-0.1, -0.05) is 104 Å². The molecule has 236 valence electrons. The van der Waals surface area contributed by atoms with Crippen molar-refractivity contribution in [1.29, 1.82) is 0 Å². The van der Waals surface area contributed by atoms with E-state index in [1.807, 2.05) is 44.2 Å². The number of hydrogen-bond donors (Lipinski definition) is 1. The smallest absolute Gasteiger partial charge is 0.264 e. The molecule has 0 heterocycles. The van der Waals surface area contributed by atoms with Gasteiger partial charge in [-0.05, 0) is 47.9 Å². The first kappa shape index (κ1) is 34.0. The van der Waals surface area contributed by atoms with Crippen LogP contribution in [0.25, 0.3) is 0 Å². The van der Waals surface area contributed by atoms with E-state index in [0.717, 1.165) is 9.87 Å². The minimum Gasteiger partial charge on any atom is -0.354 e. The molecule has 0 saturated heterocycles. The van der Waals surface area contributed by atoms with E-state index in [1.165, 1.54) is 53.4 Å². The van der Waals surface area contributed by atoms with Crippen LogP contribution >= 0.6 is 23.2 Å². The number of sulfonamides is 1. The Hall–Kier alpha value is -3.92. The monoisotopic (exact) mass is 669 g/mol. The summed E-state index contributed by atoms with van der Waals surface area (Å²) < 4.78 is 44.0. The summed E-state index contributed by atoms with van der Waals surface area (Å²) in [6.45, 7) is 3.26. The van der Waals surface area contributed by atoms with Crippen molar-refractivity contribution in [1.82, 2.24) is 10.2 Å². The van der Waals surface area contributed by atoms with Crippen molar-refractivity contribution in [2.45, 2.75) is 37.8 Å². The highest BCUT2D eigenvalue weighted by atomic mass is 35.5. The van der Waals surface area contributed by atoms with Crippen LogP contribution in [0.3, 0.4) is 0 Å². The van der Waals surface area contributed by atoms with E-state index in [4.69, 9.17) is 23.2 Å². The maximum atomic E-state index is 15.0. The van der Waals surface area contributed by atoms with Gasteiger partial charge in [0.05, 0.1) is 20.6 Å². The van der Waals surface area contributed by atoms with Gasteiger partial charge in [0.1, 0.15) is 18.4 Å². The lowest BCUT2D eigenvalue weighted by Crippen LogP contribution is -2.53. The molecule has 1 N–H and O–H groups in total. The maximum Gasteiger partial charge on any atom is 0.264 e.